The van der Waals surface area contributed by atoms with E-state index in [1.54, 1.807) is 13.8 Å². The lowest BCUT2D eigenvalue weighted by Crippen LogP contribution is -2.40. The molecule has 0 fully saturated rings. The molecule has 54 heavy (non-hydrogen) atoms. The number of aliphatic carboxylic acids is 1. The zero-order chi connectivity index (χ0) is 38.2. The molecule has 0 bridgehead atoms. The number of nitrogens with one attached hydrogen (secondary N) is 1. The minimum Gasteiger partial charge on any atom is -0.491 e. The van der Waals surface area contributed by atoms with Gasteiger partial charge in [0, 0.05) is 36.8 Å². The number of benzene rings is 3. The maximum Gasteiger partial charge on any atom is 0.310 e. The second kappa shape index (κ2) is 17.6. The maximum absolute atomic E-state index is 13.6. The molecule has 0 amide bonds. The van der Waals surface area contributed by atoms with E-state index >= 15 is 0 Å². The van der Waals surface area contributed by atoms with Crippen LogP contribution in [0, 0.1) is 12.3 Å². The number of imidazole rings is 2. The van der Waals surface area contributed by atoms with Crippen molar-refractivity contribution in [2.75, 3.05) is 37.8 Å². The molecule has 6 rings (SSSR count). The number of anilines is 1. The third-order valence-corrected chi connectivity index (χ3v) is 11.3. The molecular formula is C43H53N5O5S. The highest BCUT2D eigenvalue weighted by molar-refractivity contribution is 7.84. The van der Waals surface area contributed by atoms with E-state index in [2.05, 4.69) is 69.7 Å². The second-order valence-corrected chi connectivity index (χ2v) is 16.2. The standard InChI is InChI=1S/C43H53N5O5S/c1-6-8-21-52-22-23-53-35-14-11-31(12-15-35)32-13-18-39-34(24-32)25-33(10-9-20-47(39)28-43(4,5)42(49)50)41-45-37-17-16-36(26-38(37)46-41)54(51)27-40-30(3)44-29-48(40)19-7-2/h11-18,24-26,29H,6-10,19-23,27-28H2,1-5H3,(H,45,46)(H,49,50)/b33-25+/t54-/m1/s1. The zero-order valence-corrected chi connectivity index (χ0v) is 33.0. The zero-order valence-electron chi connectivity index (χ0n) is 32.2. The van der Waals surface area contributed by atoms with Crippen molar-refractivity contribution in [2.24, 2.45) is 5.41 Å². The lowest BCUT2D eigenvalue weighted by atomic mass is 9.91. The van der Waals surface area contributed by atoms with Crippen LogP contribution in [0.15, 0.2) is 71.9 Å². The van der Waals surface area contributed by atoms with Crippen LogP contribution in [0.3, 0.4) is 0 Å². The van der Waals surface area contributed by atoms with Crippen molar-refractivity contribution in [1.82, 2.24) is 19.5 Å². The Hall–Kier alpha value is -4.74. The molecule has 0 spiro atoms. The van der Waals surface area contributed by atoms with Gasteiger partial charge in [0.1, 0.15) is 18.2 Å². The Morgan fingerprint density at radius 3 is 2.56 bits per heavy atom. The van der Waals surface area contributed by atoms with Gasteiger partial charge in [0.15, 0.2) is 0 Å². The van der Waals surface area contributed by atoms with Gasteiger partial charge in [-0.3, -0.25) is 9.00 Å². The molecule has 0 saturated carbocycles. The Morgan fingerprint density at radius 1 is 1.00 bits per heavy atom. The van der Waals surface area contributed by atoms with E-state index in [1.807, 2.05) is 43.6 Å². The van der Waals surface area contributed by atoms with Crippen molar-refractivity contribution < 1.29 is 23.6 Å². The van der Waals surface area contributed by atoms with Gasteiger partial charge < -0.3 is 29.0 Å². The highest BCUT2D eigenvalue weighted by Gasteiger charge is 2.31. The molecule has 1 aliphatic heterocycles. The van der Waals surface area contributed by atoms with E-state index in [1.165, 1.54) is 0 Å². The summed E-state index contributed by atoms with van der Waals surface area (Å²) in [6.45, 7) is 13.6. The maximum atomic E-state index is 13.6. The average Bonchev–Trinajstić information content (AvgIpc) is 3.73. The lowest BCUT2D eigenvalue weighted by molar-refractivity contribution is -0.146. The van der Waals surface area contributed by atoms with Crippen molar-refractivity contribution in [1.29, 1.82) is 0 Å². The molecule has 3 aromatic carbocycles. The lowest BCUT2D eigenvalue weighted by Gasteiger charge is -2.34. The number of carboxylic acid groups (broad SMARTS) is 1. The van der Waals surface area contributed by atoms with Crippen LogP contribution in [-0.2, 0) is 32.6 Å². The van der Waals surface area contributed by atoms with Gasteiger partial charge in [-0.05, 0) is 117 Å². The van der Waals surface area contributed by atoms with Gasteiger partial charge in [-0.15, -0.1) is 0 Å². The number of hydrogen-bond acceptors (Lipinski definition) is 7. The van der Waals surface area contributed by atoms with E-state index in [-0.39, 0.29) is 0 Å². The summed E-state index contributed by atoms with van der Waals surface area (Å²) >= 11 is 0. The van der Waals surface area contributed by atoms with Crippen molar-refractivity contribution in [3.63, 3.8) is 0 Å². The first-order chi connectivity index (χ1) is 26.1. The van der Waals surface area contributed by atoms with Gasteiger partial charge in [-0.2, -0.15) is 0 Å². The minimum absolute atomic E-state index is 0.384. The summed E-state index contributed by atoms with van der Waals surface area (Å²) in [7, 11) is -1.25. The van der Waals surface area contributed by atoms with Crippen molar-refractivity contribution in [3.8, 4) is 16.9 Å². The predicted molar refractivity (Wildman–Crippen MR) is 217 cm³/mol. The molecule has 0 radical (unpaired) electrons. The fourth-order valence-electron chi connectivity index (χ4n) is 6.80. The Kier molecular flexibility index (Phi) is 12.7. The van der Waals surface area contributed by atoms with Crippen LogP contribution in [0.25, 0.3) is 33.8 Å². The number of nitrogens with zero attached hydrogens (tertiary/aromatic N) is 4. The number of allylic oxidation sites excluding steroid dienone is 1. The van der Waals surface area contributed by atoms with E-state index in [0.29, 0.717) is 32.1 Å². The summed E-state index contributed by atoms with van der Waals surface area (Å²) in [5.41, 5.74) is 7.79. The molecule has 10 nitrogen and oxygen atoms in total. The number of unbranched alkanes of at least 4 members (excludes halogenated alkanes) is 1. The summed E-state index contributed by atoms with van der Waals surface area (Å²) in [6.07, 6.45) is 8.74. The molecule has 0 aliphatic carbocycles. The van der Waals surface area contributed by atoms with Crippen LogP contribution < -0.4 is 9.64 Å². The van der Waals surface area contributed by atoms with E-state index in [0.717, 1.165) is 112 Å². The second-order valence-electron chi connectivity index (χ2n) is 14.7. The smallest absolute Gasteiger partial charge is 0.310 e. The number of ether oxygens (including phenoxy) is 2. The fourth-order valence-corrected chi connectivity index (χ4v) is 8.06. The fraction of sp³-hybridized carbons (Fsp3) is 0.419. The Bertz CT molecular complexity index is 2120. The van der Waals surface area contributed by atoms with E-state index in [9.17, 15) is 14.1 Å². The number of aromatic nitrogens is 4. The number of H-pyrrole nitrogens is 1. The number of hydrogen-bond donors (Lipinski definition) is 2. The third kappa shape index (κ3) is 9.30. The molecule has 2 aromatic heterocycles. The minimum atomic E-state index is -1.25. The molecule has 286 valence electrons. The molecule has 0 saturated heterocycles. The molecule has 11 heteroatoms. The van der Waals surface area contributed by atoms with E-state index < -0.39 is 22.2 Å². The molecule has 5 aromatic rings. The van der Waals surface area contributed by atoms with Crippen LogP contribution >= 0.6 is 0 Å². The summed E-state index contributed by atoms with van der Waals surface area (Å²) in [5.74, 6) is 1.16. The summed E-state index contributed by atoms with van der Waals surface area (Å²) in [5, 5.41) is 10.00. The molecule has 1 aliphatic rings. The third-order valence-electron chi connectivity index (χ3n) is 9.97. The SMILES string of the molecule is CCCCOCCOc1ccc(-c2ccc3c(c2)/C=C(/c2nc4ccc([S@](=O)Cc5c(C)ncn5CCC)cc4[nH]2)CCCN3CC(C)(C)C(=O)O)cc1. The van der Waals surface area contributed by atoms with Crippen molar-refractivity contribution in [2.45, 2.75) is 83.9 Å². The summed E-state index contributed by atoms with van der Waals surface area (Å²) in [6, 6.07) is 20.3. The first-order valence-corrected chi connectivity index (χ1v) is 20.4. The first-order valence-electron chi connectivity index (χ1n) is 19.1. The van der Waals surface area contributed by atoms with Crippen LogP contribution in [0.4, 0.5) is 5.69 Å². The van der Waals surface area contributed by atoms with Gasteiger partial charge in [0.2, 0.25) is 0 Å². The molecule has 1 atom stereocenters. The quantitative estimate of drug-likeness (QED) is 0.0904. The van der Waals surface area contributed by atoms with Gasteiger partial charge in [-0.1, -0.05) is 38.5 Å². The molecule has 2 N–H and O–H groups in total. The van der Waals surface area contributed by atoms with Gasteiger partial charge in [0.05, 0.1) is 57.3 Å². The number of rotatable bonds is 17. The summed E-state index contributed by atoms with van der Waals surface area (Å²) in [4.78, 5) is 28.1. The number of aromatic amines is 1. The molecular weight excluding hydrogens is 699 g/mol. The number of carbonyl (C=O) groups is 1. The Labute approximate surface area is 321 Å². The van der Waals surface area contributed by atoms with Crippen molar-refractivity contribution in [3.05, 3.63) is 89.8 Å². The number of fused-ring (bicyclic) bond motifs is 2. The first kappa shape index (κ1) is 39.0. The average molecular weight is 752 g/mol. The number of carboxylic acids is 1. The van der Waals surface area contributed by atoms with Crippen LogP contribution in [0.5, 0.6) is 5.75 Å². The highest BCUT2D eigenvalue weighted by Crippen LogP contribution is 2.36. The molecule has 0 unspecified atom stereocenters. The normalized spacial score (nSPS) is 15.0. The predicted octanol–water partition coefficient (Wildman–Crippen LogP) is 8.90. The largest absolute Gasteiger partial charge is 0.491 e. The van der Waals surface area contributed by atoms with Gasteiger partial charge in [-0.25, -0.2) is 9.97 Å². The van der Waals surface area contributed by atoms with Gasteiger partial charge >= 0.3 is 5.97 Å². The van der Waals surface area contributed by atoms with Crippen LogP contribution in [-0.4, -0.2) is 67.7 Å². The highest BCUT2D eigenvalue weighted by atomic mass is 32.2. The van der Waals surface area contributed by atoms with E-state index in [4.69, 9.17) is 14.5 Å². The van der Waals surface area contributed by atoms with Gasteiger partial charge in [0.25, 0.3) is 0 Å². The topological polar surface area (TPSA) is 123 Å². The Balaban J connectivity index is 1.29. The Morgan fingerprint density at radius 2 is 1.80 bits per heavy atom. The molecule has 3 heterocycles. The summed E-state index contributed by atoms with van der Waals surface area (Å²) < 4.78 is 27.2. The van der Waals surface area contributed by atoms with Crippen LogP contribution in [0.1, 0.15) is 82.6 Å². The monoisotopic (exact) mass is 751 g/mol. The number of aryl methyl sites for hydroxylation is 2. The van der Waals surface area contributed by atoms with Crippen LogP contribution in [0.2, 0.25) is 0 Å². The van der Waals surface area contributed by atoms with Crippen molar-refractivity contribution >= 4 is 45.1 Å².